The molecule has 0 bridgehead atoms. The monoisotopic (exact) mass is 495 g/mol. The third kappa shape index (κ3) is 4.69. The number of pyridine rings is 1. The number of amides is 2. The van der Waals surface area contributed by atoms with E-state index in [0.29, 0.717) is 0 Å². The standard InChI is InChI=1S/C22H29N3O8S/c1-20(2,3)19(30)33-12-32-16(28)15-21(4,5)34-18-22(31-6,17(29)25(15)18)23-14(27)11-24-9-7-13(26)8-10-24/h7-10,15,18H,11-12H2,1-6H3,(H,23,27)/t15-,18+,22?/m0/s1. The molecule has 3 atom stereocenters. The number of ether oxygens (including phenoxy) is 3. The highest BCUT2D eigenvalue weighted by atomic mass is 32.2. The average molecular weight is 496 g/mol. The summed E-state index contributed by atoms with van der Waals surface area (Å²) < 4.78 is 16.3. The lowest BCUT2D eigenvalue weighted by Crippen LogP contribution is -2.80. The first-order valence-corrected chi connectivity index (χ1v) is 11.5. The van der Waals surface area contributed by atoms with Gasteiger partial charge >= 0.3 is 11.9 Å². The van der Waals surface area contributed by atoms with E-state index in [-0.39, 0.29) is 12.0 Å². The predicted molar refractivity (Wildman–Crippen MR) is 121 cm³/mol. The van der Waals surface area contributed by atoms with Crippen LogP contribution in [-0.4, -0.2) is 69.0 Å². The molecule has 2 amide bonds. The Bertz CT molecular complexity index is 1040. The van der Waals surface area contributed by atoms with Crippen molar-refractivity contribution in [3.8, 4) is 0 Å². The zero-order valence-corrected chi connectivity index (χ0v) is 20.8. The number of hydrogen-bond donors (Lipinski definition) is 1. The summed E-state index contributed by atoms with van der Waals surface area (Å²) in [4.78, 5) is 63.1. The fourth-order valence-electron chi connectivity index (χ4n) is 3.76. The Morgan fingerprint density at radius 1 is 1.12 bits per heavy atom. The first kappa shape index (κ1) is 25.8. The summed E-state index contributed by atoms with van der Waals surface area (Å²) in [6.07, 6.45) is 2.92. The van der Waals surface area contributed by atoms with E-state index in [2.05, 4.69) is 5.32 Å². The van der Waals surface area contributed by atoms with Crippen molar-refractivity contribution in [2.45, 2.75) is 63.1 Å². The minimum absolute atomic E-state index is 0.135. The van der Waals surface area contributed by atoms with Crippen LogP contribution in [0.5, 0.6) is 0 Å². The van der Waals surface area contributed by atoms with Crippen LogP contribution in [0.2, 0.25) is 0 Å². The SMILES string of the molecule is COC1(NC(=O)Cn2ccc(=O)cc2)C(=O)N2[C@@H](C(=O)OCOC(=O)C(C)(C)C)C(C)(C)S[C@@H]21. The van der Waals surface area contributed by atoms with Gasteiger partial charge in [-0.3, -0.25) is 19.2 Å². The molecule has 0 spiro atoms. The second-order valence-corrected chi connectivity index (χ2v) is 11.4. The predicted octanol–water partition coefficient (Wildman–Crippen LogP) is 0.460. The summed E-state index contributed by atoms with van der Waals surface area (Å²) in [7, 11) is 1.31. The van der Waals surface area contributed by atoms with Crippen molar-refractivity contribution in [1.29, 1.82) is 0 Å². The number of carbonyl (C=O) groups is 4. The van der Waals surface area contributed by atoms with Crippen molar-refractivity contribution in [3.63, 3.8) is 0 Å². The molecule has 1 aromatic rings. The lowest BCUT2D eigenvalue weighted by atomic mass is 9.93. The summed E-state index contributed by atoms with van der Waals surface area (Å²) in [5, 5.41) is 1.97. The Kier molecular flexibility index (Phi) is 6.87. The fraction of sp³-hybridized carbons (Fsp3) is 0.591. The maximum Gasteiger partial charge on any atom is 0.333 e. The number of methoxy groups -OCH3 is 1. The van der Waals surface area contributed by atoms with Crippen molar-refractivity contribution in [1.82, 2.24) is 14.8 Å². The van der Waals surface area contributed by atoms with Gasteiger partial charge in [0.2, 0.25) is 12.7 Å². The van der Waals surface area contributed by atoms with Gasteiger partial charge in [-0.25, -0.2) is 4.79 Å². The highest BCUT2D eigenvalue weighted by Gasteiger charge is 2.73. The number of esters is 2. The molecule has 0 radical (unpaired) electrons. The Morgan fingerprint density at radius 2 is 1.74 bits per heavy atom. The van der Waals surface area contributed by atoms with E-state index in [9.17, 15) is 24.0 Å². The summed E-state index contributed by atoms with van der Waals surface area (Å²) in [6.45, 7) is 7.87. The fourth-order valence-corrected chi connectivity index (χ4v) is 5.43. The zero-order valence-electron chi connectivity index (χ0n) is 19.9. The smallest absolute Gasteiger partial charge is 0.333 e. The summed E-state index contributed by atoms with van der Waals surface area (Å²) in [6, 6.07) is 1.67. The van der Waals surface area contributed by atoms with E-state index in [1.165, 1.54) is 52.9 Å². The van der Waals surface area contributed by atoms with Crippen LogP contribution in [0, 0.1) is 5.41 Å². The number of β-lactam (4-membered cyclic amide) rings is 1. The Labute approximate surface area is 201 Å². The molecule has 0 aromatic carbocycles. The quantitative estimate of drug-likeness (QED) is 0.325. The Balaban J connectivity index is 1.69. The molecule has 34 heavy (non-hydrogen) atoms. The Hall–Kier alpha value is -2.86. The van der Waals surface area contributed by atoms with Gasteiger partial charge in [0, 0.05) is 36.4 Å². The van der Waals surface area contributed by atoms with Gasteiger partial charge in [-0.15, -0.1) is 11.8 Å². The van der Waals surface area contributed by atoms with Gasteiger partial charge in [-0.05, 0) is 34.6 Å². The normalized spacial score (nSPS) is 25.2. The maximum absolute atomic E-state index is 13.2. The third-order valence-electron chi connectivity index (χ3n) is 5.57. The van der Waals surface area contributed by atoms with Crippen LogP contribution in [0.15, 0.2) is 29.3 Å². The highest BCUT2D eigenvalue weighted by molar-refractivity contribution is 8.01. The minimum Gasteiger partial charge on any atom is -0.427 e. The number of carbonyl (C=O) groups excluding carboxylic acids is 4. The van der Waals surface area contributed by atoms with E-state index in [1.54, 1.807) is 34.6 Å². The molecule has 3 rings (SSSR count). The first-order valence-electron chi connectivity index (χ1n) is 10.6. The third-order valence-corrected chi connectivity index (χ3v) is 7.18. The van der Waals surface area contributed by atoms with Crippen molar-refractivity contribution in [2.75, 3.05) is 13.9 Å². The molecule has 0 aliphatic carbocycles. The van der Waals surface area contributed by atoms with Crippen LogP contribution in [0.1, 0.15) is 34.6 Å². The molecule has 2 aliphatic heterocycles. The molecule has 2 fully saturated rings. The summed E-state index contributed by atoms with van der Waals surface area (Å²) in [5.74, 6) is -2.33. The lowest BCUT2D eigenvalue weighted by Gasteiger charge is -2.51. The summed E-state index contributed by atoms with van der Waals surface area (Å²) >= 11 is 1.29. The van der Waals surface area contributed by atoms with Crippen LogP contribution >= 0.6 is 11.8 Å². The number of nitrogens with one attached hydrogen (secondary N) is 1. The van der Waals surface area contributed by atoms with Crippen LogP contribution in [0.25, 0.3) is 0 Å². The molecule has 1 N–H and O–H groups in total. The number of aromatic nitrogens is 1. The Morgan fingerprint density at radius 3 is 2.29 bits per heavy atom. The van der Waals surface area contributed by atoms with Crippen LogP contribution < -0.4 is 10.7 Å². The largest absolute Gasteiger partial charge is 0.427 e. The van der Waals surface area contributed by atoms with Gasteiger partial charge in [0.05, 0.1) is 5.41 Å². The molecule has 0 saturated carbocycles. The van der Waals surface area contributed by atoms with Gasteiger partial charge in [0.25, 0.3) is 11.6 Å². The van der Waals surface area contributed by atoms with Gasteiger partial charge in [-0.1, -0.05) is 0 Å². The molecular formula is C22H29N3O8S. The molecular weight excluding hydrogens is 466 g/mol. The highest BCUT2D eigenvalue weighted by Crippen LogP contribution is 2.55. The average Bonchev–Trinajstić information content (AvgIpc) is 3.01. The van der Waals surface area contributed by atoms with Crippen LogP contribution in [0.4, 0.5) is 0 Å². The molecule has 186 valence electrons. The van der Waals surface area contributed by atoms with E-state index in [1.807, 2.05) is 0 Å². The van der Waals surface area contributed by atoms with Crippen LogP contribution in [0.3, 0.4) is 0 Å². The van der Waals surface area contributed by atoms with E-state index >= 15 is 0 Å². The van der Waals surface area contributed by atoms with Gasteiger partial charge in [0.15, 0.2) is 5.43 Å². The molecule has 2 aliphatic rings. The van der Waals surface area contributed by atoms with E-state index < -0.39 is 57.8 Å². The number of fused-ring (bicyclic) bond motifs is 1. The molecule has 1 unspecified atom stereocenters. The molecule has 1 aromatic heterocycles. The second kappa shape index (κ2) is 9.06. The number of nitrogens with zero attached hydrogens (tertiary/aromatic N) is 2. The van der Waals surface area contributed by atoms with Crippen LogP contribution in [-0.2, 0) is 39.9 Å². The number of rotatable bonds is 7. The molecule has 11 nitrogen and oxygen atoms in total. The van der Waals surface area contributed by atoms with Crippen molar-refractivity contribution in [3.05, 3.63) is 34.7 Å². The molecule has 2 saturated heterocycles. The van der Waals surface area contributed by atoms with Crippen molar-refractivity contribution >= 4 is 35.5 Å². The first-order chi connectivity index (χ1) is 15.7. The number of thioether (sulfide) groups is 1. The van der Waals surface area contributed by atoms with E-state index in [4.69, 9.17) is 14.2 Å². The van der Waals surface area contributed by atoms with Crippen molar-refractivity contribution < 1.29 is 33.4 Å². The molecule has 3 heterocycles. The van der Waals surface area contributed by atoms with E-state index in [0.717, 1.165) is 0 Å². The van der Waals surface area contributed by atoms with Crippen molar-refractivity contribution in [2.24, 2.45) is 5.41 Å². The van der Waals surface area contributed by atoms with Gasteiger partial charge < -0.3 is 29.0 Å². The minimum atomic E-state index is -1.65. The number of hydrogen-bond acceptors (Lipinski definition) is 9. The second-order valence-electron chi connectivity index (χ2n) is 9.65. The van der Waals surface area contributed by atoms with Gasteiger partial charge in [0.1, 0.15) is 18.0 Å². The topological polar surface area (TPSA) is 133 Å². The lowest BCUT2D eigenvalue weighted by molar-refractivity contribution is -0.204. The maximum atomic E-state index is 13.2. The zero-order chi connectivity index (χ0) is 25.5. The summed E-state index contributed by atoms with van der Waals surface area (Å²) in [5.41, 5.74) is -2.59. The molecule has 12 heteroatoms. The van der Waals surface area contributed by atoms with Gasteiger partial charge in [-0.2, -0.15) is 0 Å².